The molecule has 0 N–H and O–H groups in total. The first kappa shape index (κ1) is 12.6. The Morgan fingerprint density at radius 3 is 2.47 bits per heavy atom. The van der Waals surface area contributed by atoms with E-state index in [1.807, 2.05) is 19.4 Å². The van der Waals surface area contributed by atoms with Crippen LogP contribution in [0.15, 0.2) is 12.4 Å². The van der Waals surface area contributed by atoms with Crippen molar-refractivity contribution in [3.8, 4) is 0 Å². The number of rotatable bonds is 6. The lowest BCUT2D eigenvalue weighted by atomic mass is 9.80. The van der Waals surface area contributed by atoms with Gasteiger partial charge in [-0.3, -0.25) is 0 Å². The largest absolute Gasteiger partial charge is 0.338 e. The third-order valence-electron chi connectivity index (χ3n) is 3.58. The molecule has 3 heteroatoms. The third kappa shape index (κ3) is 2.97. The lowest BCUT2D eigenvalue weighted by Crippen LogP contribution is -2.22. The smallest absolute Gasteiger partial charge is 0.108 e. The van der Waals surface area contributed by atoms with E-state index in [1.165, 1.54) is 0 Å². The SMILES string of the molecule is CCC(CC)(CCl)CCc1nccn1C. The molecule has 0 unspecified atom stereocenters. The van der Waals surface area contributed by atoms with Crippen LogP contribution in [-0.4, -0.2) is 15.4 Å². The van der Waals surface area contributed by atoms with Gasteiger partial charge in [0.1, 0.15) is 5.82 Å². The summed E-state index contributed by atoms with van der Waals surface area (Å²) in [7, 11) is 2.04. The first-order valence-corrected chi connectivity index (χ1v) is 6.23. The Bertz CT molecular complexity index is 281. The number of halogens is 1. The predicted molar refractivity (Wildman–Crippen MR) is 65.3 cm³/mol. The predicted octanol–water partition coefficient (Wildman–Crippen LogP) is 3.40. The minimum atomic E-state index is 0.299. The monoisotopic (exact) mass is 228 g/mol. The Balaban J connectivity index is 2.58. The van der Waals surface area contributed by atoms with Gasteiger partial charge in [-0.05, 0) is 24.7 Å². The molecule has 0 spiro atoms. The Morgan fingerprint density at radius 1 is 1.40 bits per heavy atom. The molecule has 0 saturated carbocycles. The maximum atomic E-state index is 6.08. The van der Waals surface area contributed by atoms with Crippen LogP contribution in [0.5, 0.6) is 0 Å². The molecule has 15 heavy (non-hydrogen) atoms. The number of hydrogen-bond donors (Lipinski definition) is 0. The van der Waals surface area contributed by atoms with Crippen molar-refractivity contribution >= 4 is 11.6 Å². The first-order valence-electron chi connectivity index (χ1n) is 5.69. The maximum Gasteiger partial charge on any atom is 0.108 e. The van der Waals surface area contributed by atoms with Gasteiger partial charge in [0, 0.05) is 31.7 Å². The van der Waals surface area contributed by atoms with Crippen LogP contribution >= 0.6 is 11.6 Å². The Hall–Kier alpha value is -0.500. The van der Waals surface area contributed by atoms with Crippen molar-refractivity contribution in [1.82, 2.24) is 9.55 Å². The number of alkyl halides is 1. The molecule has 0 fully saturated rings. The summed E-state index contributed by atoms with van der Waals surface area (Å²) in [6.07, 6.45) is 8.31. The molecule has 1 rings (SSSR count). The van der Waals surface area contributed by atoms with Gasteiger partial charge >= 0.3 is 0 Å². The highest BCUT2D eigenvalue weighted by molar-refractivity contribution is 6.18. The van der Waals surface area contributed by atoms with Crippen LogP contribution in [0, 0.1) is 5.41 Å². The summed E-state index contributed by atoms with van der Waals surface area (Å²) in [5.41, 5.74) is 0.299. The van der Waals surface area contributed by atoms with Gasteiger partial charge in [-0.2, -0.15) is 0 Å². The lowest BCUT2D eigenvalue weighted by Gasteiger charge is -2.29. The molecular formula is C12H21ClN2. The second-order valence-electron chi connectivity index (χ2n) is 4.30. The molecule has 1 heterocycles. The Kier molecular flexibility index (Phi) is 4.65. The lowest BCUT2D eigenvalue weighted by molar-refractivity contribution is 0.276. The van der Waals surface area contributed by atoms with Gasteiger partial charge in [-0.15, -0.1) is 11.6 Å². The van der Waals surface area contributed by atoms with Crippen LogP contribution in [0.1, 0.15) is 38.9 Å². The molecule has 0 radical (unpaired) electrons. The molecule has 2 nitrogen and oxygen atoms in total. The third-order valence-corrected chi connectivity index (χ3v) is 4.15. The normalized spacial score (nSPS) is 12.0. The minimum Gasteiger partial charge on any atom is -0.338 e. The summed E-state index contributed by atoms with van der Waals surface area (Å²) in [4.78, 5) is 4.34. The average Bonchev–Trinajstić information content (AvgIpc) is 2.67. The van der Waals surface area contributed by atoms with Crippen LogP contribution in [0.4, 0.5) is 0 Å². The summed E-state index contributed by atoms with van der Waals surface area (Å²) in [6.45, 7) is 4.45. The van der Waals surface area contributed by atoms with Gasteiger partial charge in [0.05, 0.1) is 0 Å². The number of hydrogen-bond acceptors (Lipinski definition) is 1. The van der Waals surface area contributed by atoms with Crippen LogP contribution in [0.3, 0.4) is 0 Å². The van der Waals surface area contributed by atoms with Gasteiger partial charge in [0.15, 0.2) is 0 Å². The molecule has 0 amide bonds. The van der Waals surface area contributed by atoms with Crippen LogP contribution in [-0.2, 0) is 13.5 Å². The van der Waals surface area contributed by atoms with E-state index in [-0.39, 0.29) is 0 Å². The van der Waals surface area contributed by atoms with Crippen molar-refractivity contribution in [2.24, 2.45) is 12.5 Å². The van der Waals surface area contributed by atoms with Gasteiger partial charge in [-0.25, -0.2) is 4.98 Å². The number of aromatic nitrogens is 2. The summed E-state index contributed by atoms with van der Waals surface area (Å²) in [5.74, 6) is 1.91. The van der Waals surface area contributed by atoms with Crippen molar-refractivity contribution < 1.29 is 0 Å². The number of imidazole rings is 1. The van der Waals surface area contributed by atoms with E-state index in [0.29, 0.717) is 5.41 Å². The summed E-state index contributed by atoms with van der Waals surface area (Å²) < 4.78 is 2.09. The Labute approximate surface area is 97.7 Å². The minimum absolute atomic E-state index is 0.299. The second-order valence-corrected chi connectivity index (χ2v) is 4.56. The van der Waals surface area contributed by atoms with Crippen molar-refractivity contribution in [2.75, 3.05) is 5.88 Å². The zero-order valence-corrected chi connectivity index (χ0v) is 10.7. The zero-order chi connectivity index (χ0) is 11.3. The summed E-state index contributed by atoms with van der Waals surface area (Å²) >= 11 is 6.08. The molecule has 0 aliphatic rings. The standard InChI is InChI=1S/C12H21ClN2/c1-4-12(5-2,10-13)7-6-11-14-8-9-15(11)3/h8-9H,4-7,10H2,1-3H3. The zero-order valence-electron chi connectivity index (χ0n) is 9.96. The van der Waals surface area contributed by atoms with Crippen molar-refractivity contribution in [1.29, 1.82) is 0 Å². The quantitative estimate of drug-likeness (QED) is 0.683. The molecule has 0 bridgehead atoms. The van der Waals surface area contributed by atoms with Crippen molar-refractivity contribution in [3.63, 3.8) is 0 Å². The average molecular weight is 229 g/mol. The molecule has 1 aromatic heterocycles. The van der Waals surface area contributed by atoms with E-state index < -0.39 is 0 Å². The maximum absolute atomic E-state index is 6.08. The fraction of sp³-hybridized carbons (Fsp3) is 0.750. The molecule has 0 aliphatic heterocycles. The van der Waals surface area contributed by atoms with E-state index in [2.05, 4.69) is 23.4 Å². The van der Waals surface area contributed by atoms with E-state index in [9.17, 15) is 0 Å². The molecule has 0 aliphatic carbocycles. The van der Waals surface area contributed by atoms with Gasteiger partial charge in [0.2, 0.25) is 0 Å². The van der Waals surface area contributed by atoms with Crippen molar-refractivity contribution in [2.45, 2.75) is 39.5 Å². The first-order chi connectivity index (χ1) is 7.17. The number of aryl methyl sites for hydroxylation is 2. The van der Waals surface area contributed by atoms with E-state index in [4.69, 9.17) is 11.6 Å². The van der Waals surface area contributed by atoms with Crippen LogP contribution in [0.2, 0.25) is 0 Å². The molecule has 0 saturated heterocycles. The fourth-order valence-corrected chi connectivity index (χ4v) is 2.39. The van der Waals surface area contributed by atoms with Gasteiger partial charge < -0.3 is 4.57 Å². The van der Waals surface area contributed by atoms with Crippen LogP contribution < -0.4 is 0 Å². The fourth-order valence-electron chi connectivity index (χ4n) is 1.87. The van der Waals surface area contributed by atoms with Gasteiger partial charge in [-0.1, -0.05) is 13.8 Å². The second kappa shape index (κ2) is 5.55. The molecular weight excluding hydrogens is 208 g/mol. The van der Waals surface area contributed by atoms with E-state index in [1.54, 1.807) is 0 Å². The highest BCUT2D eigenvalue weighted by atomic mass is 35.5. The highest BCUT2D eigenvalue weighted by Gasteiger charge is 2.25. The Morgan fingerprint density at radius 2 is 2.07 bits per heavy atom. The number of nitrogens with zero attached hydrogens (tertiary/aromatic N) is 2. The van der Waals surface area contributed by atoms with E-state index in [0.717, 1.165) is 37.4 Å². The topological polar surface area (TPSA) is 17.8 Å². The molecule has 0 aromatic carbocycles. The van der Waals surface area contributed by atoms with Crippen molar-refractivity contribution in [3.05, 3.63) is 18.2 Å². The highest BCUT2D eigenvalue weighted by Crippen LogP contribution is 2.33. The summed E-state index contributed by atoms with van der Waals surface area (Å²) in [5, 5.41) is 0. The molecule has 0 atom stereocenters. The summed E-state index contributed by atoms with van der Waals surface area (Å²) in [6, 6.07) is 0. The molecule has 1 aromatic rings. The van der Waals surface area contributed by atoms with Gasteiger partial charge in [0.25, 0.3) is 0 Å². The molecule has 86 valence electrons. The van der Waals surface area contributed by atoms with Crippen LogP contribution in [0.25, 0.3) is 0 Å². The van der Waals surface area contributed by atoms with E-state index >= 15 is 0 Å².